The Morgan fingerprint density at radius 3 is 1.80 bits per heavy atom. The van der Waals surface area contributed by atoms with E-state index >= 15 is 0 Å². The van der Waals surface area contributed by atoms with E-state index in [2.05, 4.69) is 6.58 Å². The van der Waals surface area contributed by atoms with Crippen LogP contribution < -0.4 is 10.6 Å². The van der Waals surface area contributed by atoms with E-state index in [1.54, 1.807) is 0 Å². The van der Waals surface area contributed by atoms with Gasteiger partial charge in [0.25, 0.3) is 0 Å². The van der Waals surface area contributed by atoms with Crippen molar-refractivity contribution in [3.63, 3.8) is 0 Å². The van der Waals surface area contributed by atoms with Gasteiger partial charge >= 0.3 is 0 Å². The third-order valence-corrected chi connectivity index (χ3v) is 7.71. The summed E-state index contributed by atoms with van der Waals surface area (Å²) in [6.45, 7) is 3.73. The van der Waals surface area contributed by atoms with Gasteiger partial charge in [0.2, 0.25) is 0 Å². The zero-order valence-electron chi connectivity index (χ0n) is 14.1. The molecule has 4 heteroatoms. The van der Waals surface area contributed by atoms with Crippen LogP contribution in [0.5, 0.6) is 0 Å². The molecule has 0 amide bonds. The smallest absolute Gasteiger partial charge is 0.146 e. The van der Waals surface area contributed by atoms with E-state index in [1.165, 1.54) is 0 Å². The van der Waals surface area contributed by atoms with E-state index in [-0.39, 0.29) is 0 Å². The average Bonchev–Trinajstić information content (AvgIpc) is 2.65. The van der Waals surface area contributed by atoms with Crippen LogP contribution in [0.25, 0.3) is 0 Å². The molecule has 0 heterocycles. The van der Waals surface area contributed by atoms with Crippen molar-refractivity contribution >= 4 is 17.8 Å². The molecule has 0 saturated heterocycles. The molecule has 2 N–H and O–H groups in total. The van der Waals surface area contributed by atoms with Crippen molar-refractivity contribution in [2.24, 2.45) is 0 Å². The summed E-state index contributed by atoms with van der Waals surface area (Å²) >= 11 is 0. The fourth-order valence-electron chi connectivity index (χ4n) is 3.19. The number of hydrogen-bond acceptors (Lipinski definition) is 3. The minimum absolute atomic E-state index is 0.377. The fourth-order valence-corrected chi connectivity index (χ4v) is 5.73. The van der Waals surface area contributed by atoms with Crippen molar-refractivity contribution in [1.29, 1.82) is 0 Å². The van der Waals surface area contributed by atoms with Crippen LogP contribution in [0.15, 0.2) is 84.5 Å². The molecule has 2 atom stereocenters. The molecule has 0 aliphatic heterocycles. The Bertz CT molecular complexity index is 752. The molecular weight excluding hydrogens is 331 g/mol. The minimum atomic E-state index is -2.81. The Balaban J connectivity index is 1.93. The normalized spacial score (nSPS) is 21.2. The first-order valence-electron chi connectivity index (χ1n) is 8.44. The monoisotopic (exact) mass is 354 g/mol. The van der Waals surface area contributed by atoms with Gasteiger partial charge in [0.05, 0.1) is 12.2 Å². The van der Waals surface area contributed by atoms with Crippen LogP contribution >= 0.6 is 7.14 Å². The van der Waals surface area contributed by atoms with Crippen molar-refractivity contribution in [1.82, 2.24) is 0 Å². The summed E-state index contributed by atoms with van der Waals surface area (Å²) in [6, 6.07) is 19.0. The average molecular weight is 354 g/mol. The number of aliphatic hydroxyl groups is 2. The molecule has 2 aromatic rings. The van der Waals surface area contributed by atoms with E-state index in [0.717, 1.165) is 16.2 Å². The van der Waals surface area contributed by atoms with Crippen LogP contribution in [0.1, 0.15) is 12.8 Å². The maximum absolute atomic E-state index is 13.9. The molecule has 1 aliphatic rings. The largest absolute Gasteiger partial charge is 0.388 e. The highest BCUT2D eigenvalue weighted by Crippen LogP contribution is 2.44. The number of rotatable bonds is 4. The zero-order valence-corrected chi connectivity index (χ0v) is 15.0. The quantitative estimate of drug-likeness (QED) is 0.656. The van der Waals surface area contributed by atoms with Gasteiger partial charge in [-0.25, -0.2) is 0 Å². The lowest BCUT2D eigenvalue weighted by atomic mass is 9.87. The van der Waals surface area contributed by atoms with Gasteiger partial charge in [-0.15, -0.1) is 0 Å². The summed E-state index contributed by atoms with van der Waals surface area (Å²) in [7, 11) is -2.81. The number of hydrogen-bond donors (Lipinski definition) is 2. The Morgan fingerprint density at radius 2 is 1.36 bits per heavy atom. The first-order valence-corrected chi connectivity index (χ1v) is 10.3. The van der Waals surface area contributed by atoms with Crippen molar-refractivity contribution in [3.05, 3.63) is 84.5 Å². The van der Waals surface area contributed by atoms with Crippen molar-refractivity contribution in [3.8, 4) is 0 Å². The van der Waals surface area contributed by atoms with Crippen LogP contribution in [0, 0.1) is 0 Å². The molecule has 0 aromatic heterocycles. The topological polar surface area (TPSA) is 57.5 Å². The van der Waals surface area contributed by atoms with E-state index < -0.39 is 19.3 Å². The zero-order chi connectivity index (χ0) is 17.9. The molecule has 1 fully saturated rings. The predicted molar refractivity (Wildman–Crippen MR) is 103 cm³/mol. The van der Waals surface area contributed by atoms with Gasteiger partial charge < -0.3 is 14.8 Å². The molecule has 130 valence electrons. The van der Waals surface area contributed by atoms with E-state index in [9.17, 15) is 14.8 Å². The number of aliphatic hydroxyl groups excluding tert-OH is 2. The van der Waals surface area contributed by atoms with Gasteiger partial charge in [-0.2, -0.15) is 0 Å². The van der Waals surface area contributed by atoms with E-state index in [4.69, 9.17) is 0 Å². The van der Waals surface area contributed by atoms with Gasteiger partial charge in [0, 0.05) is 16.8 Å². The SMILES string of the molecule is C=C1[C@H](O)CC(=CCP(=O)(c2ccccc2)c2ccccc2)C[C@H]1O. The van der Waals surface area contributed by atoms with Crippen LogP contribution in [0.2, 0.25) is 0 Å². The summed E-state index contributed by atoms with van der Waals surface area (Å²) in [5, 5.41) is 21.7. The highest BCUT2D eigenvalue weighted by atomic mass is 31.2. The summed E-state index contributed by atoms with van der Waals surface area (Å²) in [6.07, 6.45) is 1.73. The van der Waals surface area contributed by atoms with Crippen LogP contribution in [-0.2, 0) is 4.57 Å². The summed E-state index contributed by atoms with van der Waals surface area (Å²) in [5.41, 5.74) is 1.39. The third-order valence-electron chi connectivity index (χ3n) is 4.75. The van der Waals surface area contributed by atoms with Crippen LogP contribution in [0.3, 0.4) is 0 Å². The van der Waals surface area contributed by atoms with Crippen LogP contribution in [0.4, 0.5) is 0 Å². The second kappa shape index (κ2) is 7.53. The van der Waals surface area contributed by atoms with Gasteiger partial charge in [-0.05, 0) is 18.4 Å². The molecular formula is C21H23O3P. The summed E-state index contributed by atoms with van der Waals surface area (Å²) in [5.74, 6) is 0. The molecule has 0 spiro atoms. The highest BCUT2D eigenvalue weighted by Gasteiger charge is 2.29. The molecule has 0 unspecified atom stereocenters. The Labute approximate surface area is 148 Å². The third kappa shape index (κ3) is 3.85. The Morgan fingerprint density at radius 1 is 0.920 bits per heavy atom. The van der Waals surface area contributed by atoms with Gasteiger partial charge in [-0.1, -0.05) is 78.9 Å². The lowest BCUT2D eigenvalue weighted by Gasteiger charge is -2.28. The lowest BCUT2D eigenvalue weighted by molar-refractivity contribution is 0.123. The predicted octanol–water partition coefficient (Wildman–Crippen LogP) is 3.00. The van der Waals surface area contributed by atoms with E-state index in [0.29, 0.717) is 24.6 Å². The molecule has 25 heavy (non-hydrogen) atoms. The molecule has 2 aromatic carbocycles. The Kier molecular flexibility index (Phi) is 5.39. The van der Waals surface area contributed by atoms with Gasteiger partial charge in [0.15, 0.2) is 0 Å². The maximum Gasteiger partial charge on any atom is 0.146 e. The van der Waals surface area contributed by atoms with Crippen molar-refractivity contribution in [2.45, 2.75) is 25.0 Å². The molecule has 1 aliphatic carbocycles. The minimum Gasteiger partial charge on any atom is -0.388 e. The molecule has 0 bridgehead atoms. The number of allylic oxidation sites excluding steroid dienone is 1. The standard InChI is InChI=1S/C21H23O3P/c1-16-20(22)14-17(15-21(16)23)12-13-25(24,18-8-4-2-5-9-18)19-10-6-3-7-11-19/h2-12,20-23H,1,13-15H2/t20-,21-/m1/s1. The highest BCUT2D eigenvalue weighted by molar-refractivity contribution is 7.78. The fraction of sp³-hybridized carbons (Fsp3) is 0.238. The molecule has 1 saturated carbocycles. The van der Waals surface area contributed by atoms with Crippen LogP contribution in [-0.4, -0.2) is 28.6 Å². The summed E-state index contributed by atoms with van der Waals surface area (Å²) < 4.78 is 13.9. The first kappa shape index (κ1) is 17.9. The van der Waals surface area contributed by atoms with E-state index in [1.807, 2.05) is 66.7 Å². The maximum atomic E-state index is 13.9. The molecule has 3 rings (SSSR count). The van der Waals surface area contributed by atoms with Crippen molar-refractivity contribution in [2.75, 3.05) is 6.16 Å². The molecule has 0 radical (unpaired) electrons. The van der Waals surface area contributed by atoms with Gasteiger partial charge in [-0.3, -0.25) is 0 Å². The molecule has 3 nitrogen and oxygen atoms in total. The summed E-state index contributed by atoms with van der Waals surface area (Å²) in [4.78, 5) is 0. The Hall–Kier alpha value is -1.93. The number of benzene rings is 2. The second-order valence-electron chi connectivity index (χ2n) is 6.47. The second-order valence-corrected chi connectivity index (χ2v) is 9.35. The van der Waals surface area contributed by atoms with Gasteiger partial charge in [0.1, 0.15) is 7.14 Å². The lowest BCUT2D eigenvalue weighted by Crippen LogP contribution is -2.28. The van der Waals surface area contributed by atoms with Crippen molar-refractivity contribution < 1.29 is 14.8 Å². The first-order chi connectivity index (χ1) is 12.0.